The van der Waals surface area contributed by atoms with E-state index in [2.05, 4.69) is 4.90 Å². The number of rotatable bonds is 7. The molecule has 170 valence electrons. The van der Waals surface area contributed by atoms with Gasteiger partial charge in [0.15, 0.2) is 0 Å². The Morgan fingerprint density at radius 2 is 1.84 bits per heavy atom. The lowest BCUT2D eigenvalue weighted by molar-refractivity contribution is -0.387. The van der Waals surface area contributed by atoms with Gasteiger partial charge in [0.1, 0.15) is 0 Å². The quantitative estimate of drug-likeness (QED) is 0.240. The van der Waals surface area contributed by atoms with E-state index in [0.717, 1.165) is 17.4 Å². The molecular formula is C21H21Cl2N3O5S. The molecule has 0 unspecified atom stereocenters. The number of hydrogen-bond acceptors (Lipinski definition) is 7. The second-order valence-corrected chi connectivity index (χ2v) is 8.77. The summed E-state index contributed by atoms with van der Waals surface area (Å²) < 4.78 is 4.85. The number of amides is 1. The Labute approximate surface area is 199 Å². The van der Waals surface area contributed by atoms with Crippen molar-refractivity contribution >= 4 is 58.2 Å². The first-order chi connectivity index (χ1) is 15.3. The summed E-state index contributed by atoms with van der Waals surface area (Å²) in [4.78, 5) is 39.5. The monoisotopic (exact) mass is 497 g/mol. The van der Waals surface area contributed by atoms with Crippen LogP contribution in [0.25, 0.3) is 0 Å². The molecule has 1 amide bonds. The average molecular weight is 498 g/mol. The molecular weight excluding hydrogens is 477 g/mol. The summed E-state index contributed by atoms with van der Waals surface area (Å²) >= 11 is 13.2. The van der Waals surface area contributed by atoms with E-state index < -0.39 is 10.9 Å². The van der Waals surface area contributed by atoms with Gasteiger partial charge in [-0.15, -0.1) is 11.8 Å². The number of benzene rings is 2. The third-order valence-electron chi connectivity index (χ3n) is 4.87. The lowest BCUT2D eigenvalue weighted by atomic mass is 10.1. The van der Waals surface area contributed by atoms with Crippen LogP contribution in [-0.4, -0.2) is 60.2 Å². The minimum Gasteiger partial charge on any atom is -0.465 e. The maximum atomic E-state index is 13.0. The normalized spacial score (nSPS) is 13.7. The van der Waals surface area contributed by atoms with Crippen LogP contribution in [0.5, 0.6) is 0 Å². The van der Waals surface area contributed by atoms with Crippen LogP contribution in [0, 0.1) is 10.1 Å². The van der Waals surface area contributed by atoms with E-state index in [-0.39, 0.29) is 29.5 Å². The van der Waals surface area contributed by atoms with Crippen LogP contribution in [-0.2, 0) is 9.53 Å². The van der Waals surface area contributed by atoms with Crippen LogP contribution in [0.4, 0.5) is 11.4 Å². The Balaban J connectivity index is 1.67. The fraction of sp³-hybridized carbons (Fsp3) is 0.333. The number of nitro groups is 1. The van der Waals surface area contributed by atoms with E-state index in [4.69, 9.17) is 27.9 Å². The molecule has 0 bridgehead atoms. The molecule has 1 saturated heterocycles. The van der Waals surface area contributed by atoms with Crippen molar-refractivity contribution in [2.75, 3.05) is 43.4 Å². The van der Waals surface area contributed by atoms with Gasteiger partial charge in [-0.2, -0.15) is 0 Å². The predicted molar refractivity (Wildman–Crippen MR) is 125 cm³/mol. The number of nitrogens with zero attached hydrogens (tertiary/aromatic N) is 3. The number of thioether (sulfide) groups is 1. The van der Waals surface area contributed by atoms with Crippen molar-refractivity contribution in [3.05, 3.63) is 62.1 Å². The second-order valence-electron chi connectivity index (χ2n) is 6.91. The zero-order chi connectivity index (χ0) is 23.3. The van der Waals surface area contributed by atoms with Crippen molar-refractivity contribution in [3.63, 3.8) is 0 Å². The van der Waals surface area contributed by atoms with Crippen LogP contribution in [0.1, 0.15) is 17.3 Å². The van der Waals surface area contributed by atoms with Crippen LogP contribution >= 0.6 is 35.0 Å². The molecule has 0 saturated carbocycles. The van der Waals surface area contributed by atoms with Crippen LogP contribution in [0.15, 0.2) is 41.3 Å². The fourth-order valence-electron chi connectivity index (χ4n) is 3.33. The lowest BCUT2D eigenvalue weighted by Gasteiger charge is -2.36. The average Bonchev–Trinajstić information content (AvgIpc) is 2.77. The summed E-state index contributed by atoms with van der Waals surface area (Å²) in [5.41, 5.74) is 0.869. The highest BCUT2D eigenvalue weighted by molar-refractivity contribution is 8.00. The van der Waals surface area contributed by atoms with Gasteiger partial charge < -0.3 is 14.5 Å². The largest absolute Gasteiger partial charge is 0.465 e. The minimum absolute atomic E-state index is 0.0445. The maximum absolute atomic E-state index is 13.0. The summed E-state index contributed by atoms with van der Waals surface area (Å²) in [6, 6.07) is 9.60. The van der Waals surface area contributed by atoms with Crippen molar-refractivity contribution in [3.8, 4) is 0 Å². The Kier molecular flexibility index (Phi) is 8.22. The molecule has 2 aromatic carbocycles. The molecule has 0 N–H and O–H groups in total. The summed E-state index contributed by atoms with van der Waals surface area (Å²) in [7, 11) is 0. The number of carbonyl (C=O) groups excluding carboxylic acids is 2. The summed E-state index contributed by atoms with van der Waals surface area (Å²) in [5, 5.41) is 12.6. The molecule has 1 fully saturated rings. The SMILES string of the molecule is CCOC(=O)CSc1ccc(C(=O)N2CCN(c3ccc(Cl)cc3Cl)CC2)cc1[N+](=O)[O-]. The smallest absolute Gasteiger partial charge is 0.316 e. The van der Waals surface area contributed by atoms with Gasteiger partial charge in [0.2, 0.25) is 0 Å². The van der Waals surface area contributed by atoms with Gasteiger partial charge in [-0.1, -0.05) is 23.2 Å². The van der Waals surface area contributed by atoms with E-state index in [1.54, 1.807) is 30.0 Å². The molecule has 32 heavy (non-hydrogen) atoms. The van der Waals surface area contributed by atoms with E-state index in [0.29, 0.717) is 41.1 Å². The molecule has 0 aromatic heterocycles. The van der Waals surface area contributed by atoms with Crippen LogP contribution in [0.2, 0.25) is 10.0 Å². The molecule has 11 heteroatoms. The van der Waals surface area contributed by atoms with Crippen molar-refractivity contribution in [2.45, 2.75) is 11.8 Å². The molecule has 0 atom stereocenters. The summed E-state index contributed by atoms with van der Waals surface area (Å²) in [5.74, 6) is -0.778. The predicted octanol–water partition coefficient (Wildman–Crippen LogP) is 4.52. The van der Waals surface area contributed by atoms with Crippen LogP contribution < -0.4 is 4.90 Å². The molecule has 0 spiro atoms. The highest BCUT2D eigenvalue weighted by Gasteiger charge is 2.26. The number of ether oxygens (including phenoxy) is 1. The van der Waals surface area contributed by atoms with Gasteiger partial charge in [0, 0.05) is 42.8 Å². The molecule has 8 nitrogen and oxygen atoms in total. The van der Waals surface area contributed by atoms with Crippen molar-refractivity contribution in [1.82, 2.24) is 4.90 Å². The highest BCUT2D eigenvalue weighted by atomic mass is 35.5. The highest BCUT2D eigenvalue weighted by Crippen LogP contribution is 2.32. The first kappa shape index (κ1) is 24.2. The Hall–Kier alpha value is -2.49. The topological polar surface area (TPSA) is 93.0 Å². The van der Waals surface area contributed by atoms with E-state index in [1.807, 2.05) is 6.07 Å². The van der Waals surface area contributed by atoms with Gasteiger partial charge in [-0.3, -0.25) is 19.7 Å². The lowest BCUT2D eigenvalue weighted by Crippen LogP contribution is -2.48. The second kappa shape index (κ2) is 10.9. The van der Waals surface area contributed by atoms with Gasteiger partial charge in [-0.05, 0) is 37.3 Å². The molecule has 0 aliphatic carbocycles. The van der Waals surface area contributed by atoms with E-state index >= 15 is 0 Å². The number of piperazine rings is 1. The summed E-state index contributed by atoms with van der Waals surface area (Å²) in [6.07, 6.45) is 0. The van der Waals surface area contributed by atoms with Crippen molar-refractivity contribution in [1.29, 1.82) is 0 Å². The number of esters is 1. The molecule has 3 rings (SSSR count). The Morgan fingerprint density at radius 3 is 2.47 bits per heavy atom. The third-order valence-corrected chi connectivity index (χ3v) is 6.44. The van der Waals surface area contributed by atoms with Crippen LogP contribution in [0.3, 0.4) is 0 Å². The molecule has 1 aliphatic heterocycles. The maximum Gasteiger partial charge on any atom is 0.316 e. The Bertz CT molecular complexity index is 1030. The van der Waals surface area contributed by atoms with E-state index in [1.165, 1.54) is 12.1 Å². The number of carbonyl (C=O) groups is 2. The summed E-state index contributed by atoms with van der Waals surface area (Å²) in [6.45, 7) is 3.98. The molecule has 1 aliphatic rings. The third kappa shape index (κ3) is 5.85. The van der Waals surface area contributed by atoms with Gasteiger partial charge in [0.05, 0.1) is 32.9 Å². The first-order valence-corrected chi connectivity index (χ1v) is 11.6. The van der Waals surface area contributed by atoms with E-state index in [9.17, 15) is 19.7 Å². The minimum atomic E-state index is -0.551. The number of hydrogen-bond donors (Lipinski definition) is 0. The number of halogens is 2. The zero-order valence-corrected chi connectivity index (χ0v) is 19.6. The molecule has 2 aromatic rings. The van der Waals surface area contributed by atoms with Gasteiger partial charge in [-0.25, -0.2) is 0 Å². The van der Waals surface area contributed by atoms with Gasteiger partial charge in [0.25, 0.3) is 11.6 Å². The van der Waals surface area contributed by atoms with Gasteiger partial charge >= 0.3 is 5.97 Å². The molecule has 0 radical (unpaired) electrons. The van der Waals surface area contributed by atoms with Crippen molar-refractivity contribution < 1.29 is 19.2 Å². The number of nitro benzene ring substituents is 1. The standard InChI is InChI=1S/C21H21Cl2N3O5S/c1-2-31-20(27)13-32-19-6-3-14(11-18(19)26(29)30)21(28)25-9-7-24(8-10-25)17-5-4-15(22)12-16(17)23/h3-6,11-12H,2,7-10,13H2,1H3. The Morgan fingerprint density at radius 1 is 1.12 bits per heavy atom. The zero-order valence-electron chi connectivity index (χ0n) is 17.3. The molecule has 1 heterocycles. The van der Waals surface area contributed by atoms with Crippen molar-refractivity contribution in [2.24, 2.45) is 0 Å². The first-order valence-electron chi connectivity index (χ1n) is 9.86. The fourth-order valence-corrected chi connectivity index (χ4v) is 4.66. The number of anilines is 1.